The maximum absolute atomic E-state index is 10.9. The van der Waals surface area contributed by atoms with Gasteiger partial charge in [0.1, 0.15) is 0 Å². The lowest BCUT2D eigenvalue weighted by atomic mass is 10.2. The van der Waals surface area contributed by atoms with Gasteiger partial charge in [0, 0.05) is 5.02 Å². The van der Waals surface area contributed by atoms with Crippen molar-refractivity contribution in [1.82, 2.24) is 15.0 Å². The number of primary amides is 1. The second-order valence-corrected chi connectivity index (χ2v) is 3.91. The van der Waals surface area contributed by atoms with E-state index in [9.17, 15) is 4.79 Å². The van der Waals surface area contributed by atoms with Gasteiger partial charge in [0.2, 0.25) is 0 Å². The minimum Gasteiger partial charge on any atom is -0.382 e. The Kier molecular flexibility index (Phi) is 2.97. The van der Waals surface area contributed by atoms with Gasteiger partial charge in [-0.1, -0.05) is 28.9 Å². The van der Waals surface area contributed by atoms with Gasteiger partial charge in [-0.3, -0.25) is 4.79 Å². The molecule has 0 fully saturated rings. The number of halogens is 1. The van der Waals surface area contributed by atoms with Gasteiger partial charge in [0.15, 0.2) is 11.5 Å². The summed E-state index contributed by atoms with van der Waals surface area (Å²) in [4.78, 5) is 10.9. The third-order valence-corrected chi connectivity index (χ3v) is 2.50. The third kappa shape index (κ3) is 2.36. The fourth-order valence-electron chi connectivity index (χ4n) is 1.38. The molecular formula is C10H10ClN5O. The van der Waals surface area contributed by atoms with Crippen molar-refractivity contribution in [3.05, 3.63) is 40.5 Å². The summed E-state index contributed by atoms with van der Waals surface area (Å²) in [6.07, 6.45) is 0. The Balaban J connectivity index is 2.24. The highest BCUT2D eigenvalue weighted by Crippen LogP contribution is 2.13. The molecule has 88 valence electrons. The molecule has 0 aliphatic rings. The Bertz CT molecular complexity index is 548. The first-order valence-electron chi connectivity index (χ1n) is 4.81. The molecule has 0 saturated heterocycles. The van der Waals surface area contributed by atoms with Gasteiger partial charge in [-0.05, 0) is 17.7 Å². The monoisotopic (exact) mass is 251 g/mol. The fourth-order valence-corrected chi connectivity index (χ4v) is 1.50. The van der Waals surface area contributed by atoms with Crippen molar-refractivity contribution in [3.8, 4) is 0 Å². The topological polar surface area (TPSA) is 99.8 Å². The number of amides is 1. The largest absolute Gasteiger partial charge is 0.382 e. The van der Waals surface area contributed by atoms with Crippen LogP contribution in [0, 0.1) is 0 Å². The average molecular weight is 252 g/mol. The summed E-state index contributed by atoms with van der Waals surface area (Å²) < 4.78 is 1.41. The van der Waals surface area contributed by atoms with Crippen molar-refractivity contribution < 1.29 is 4.79 Å². The first-order chi connectivity index (χ1) is 8.08. The second kappa shape index (κ2) is 4.42. The average Bonchev–Trinajstić information content (AvgIpc) is 2.64. The number of carbonyl (C=O) groups is 1. The van der Waals surface area contributed by atoms with E-state index in [0.717, 1.165) is 5.56 Å². The van der Waals surface area contributed by atoms with E-state index in [4.69, 9.17) is 23.1 Å². The standard InChI is InChI=1S/C10H10ClN5O/c11-7-3-1-6(2-4-7)5-16-9(12)8(10(13)17)14-15-16/h1-4H,5,12H2,(H2,13,17). The SMILES string of the molecule is NC(=O)c1nnn(Cc2ccc(Cl)cc2)c1N. The molecule has 4 N–H and O–H groups in total. The number of anilines is 1. The zero-order valence-electron chi connectivity index (χ0n) is 8.80. The first-order valence-corrected chi connectivity index (χ1v) is 5.19. The van der Waals surface area contributed by atoms with E-state index in [1.54, 1.807) is 12.1 Å². The summed E-state index contributed by atoms with van der Waals surface area (Å²) in [5.74, 6) is -0.530. The number of rotatable bonds is 3. The first kappa shape index (κ1) is 11.4. The number of nitrogen functional groups attached to an aromatic ring is 1. The zero-order chi connectivity index (χ0) is 12.4. The van der Waals surface area contributed by atoms with E-state index in [1.165, 1.54) is 4.68 Å². The van der Waals surface area contributed by atoms with Gasteiger partial charge in [-0.25, -0.2) is 4.68 Å². The summed E-state index contributed by atoms with van der Waals surface area (Å²) in [6.45, 7) is 0.406. The molecule has 1 amide bonds. The second-order valence-electron chi connectivity index (χ2n) is 3.47. The predicted octanol–water partition coefficient (Wildman–Crippen LogP) is 0.661. The van der Waals surface area contributed by atoms with E-state index in [1.807, 2.05) is 12.1 Å². The Morgan fingerprint density at radius 1 is 1.35 bits per heavy atom. The smallest absolute Gasteiger partial charge is 0.273 e. The van der Waals surface area contributed by atoms with Crippen LogP contribution < -0.4 is 11.5 Å². The number of hydrogen-bond acceptors (Lipinski definition) is 4. The molecule has 2 rings (SSSR count). The summed E-state index contributed by atoms with van der Waals surface area (Å²) in [5.41, 5.74) is 11.7. The van der Waals surface area contributed by atoms with Crippen molar-refractivity contribution in [2.75, 3.05) is 5.73 Å². The Hall–Kier alpha value is -2.08. The molecule has 0 unspecified atom stereocenters. The van der Waals surface area contributed by atoms with Crippen LogP contribution in [0.15, 0.2) is 24.3 Å². The van der Waals surface area contributed by atoms with E-state index in [2.05, 4.69) is 10.3 Å². The zero-order valence-corrected chi connectivity index (χ0v) is 9.55. The molecule has 1 heterocycles. The molecule has 17 heavy (non-hydrogen) atoms. The number of nitrogens with zero attached hydrogens (tertiary/aromatic N) is 3. The molecule has 6 nitrogen and oxygen atoms in total. The van der Waals surface area contributed by atoms with Crippen LogP contribution in [0.4, 0.5) is 5.82 Å². The molecule has 0 saturated carbocycles. The Morgan fingerprint density at radius 3 is 2.53 bits per heavy atom. The normalized spacial score (nSPS) is 10.4. The van der Waals surface area contributed by atoms with Crippen LogP contribution in [0.3, 0.4) is 0 Å². The van der Waals surface area contributed by atoms with E-state index < -0.39 is 5.91 Å². The molecule has 0 aliphatic heterocycles. The molecule has 0 bridgehead atoms. The Morgan fingerprint density at radius 2 is 2.00 bits per heavy atom. The third-order valence-electron chi connectivity index (χ3n) is 2.25. The van der Waals surface area contributed by atoms with Crippen LogP contribution in [0.2, 0.25) is 5.02 Å². The summed E-state index contributed by atoms with van der Waals surface area (Å²) in [5, 5.41) is 8.03. The number of aromatic nitrogens is 3. The van der Waals surface area contributed by atoms with Crippen molar-refractivity contribution in [2.24, 2.45) is 5.73 Å². The highest BCUT2D eigenvalue weighted by Gasteiger charge is 2.14. The predicted molar refractivity (Wildman–Crippen MR) is 63.5 cm³/mol. The minimum absolute atomic E-state index is 0.0148. The molecule has 1 aromatic carbocycles. The van der Waals surface area contributed by atoms with Crippen LogP contribution in [0.25, 0.3) is 0 Å². The lowest BCUT2D eigenvalue weighted by Gasteiger charge is -2.03. The van der Waals surface area contributed by atoms with Crippen molar-refractivity contribution in [2.45, 2.75) is 6.54 Å². The van der Waals surface area contributed by atoms with Crippen LogP contribution in [0.5, 0.6) is 0 Å². The lowest BCUT2D eigenvalue weighted by Crippen LogP contribution is -2.14. The van der Waals surface area contributed by atoms with Gasteiger partial charge >= 0.3 is 0 Å². The molecule has 2 aromatic rings. The van der Waals surface area contributed by atoms with Crippen LogP contribution in [0.1, 0.15) is 16.1 Å². The molecule has 1 aromatic heterocycles. The molecule has 0 atom stereocenters. The van der Waals surface area contributed by atoms with Gasteiger partial charge in [0.05, 0.1) is 6.54 Å². The van der Waals surface area contributed by atoms with Gasteiger partial charge in [0.25, 0.3) is 5.91 Å². The van der Waals surface area contributed by atoms with Crippen molar-refractivity contribution in [3.63, 3.8) is 0 Å². The van der Waals surface area contributed by atoms with Gasteiger partial charge in [-0.2, -0.15) is 0 Å². The minimum atomic E-state index is -0.690. The summed E-state index contributed by atoms with van der Waals surface area (Å²) in [7, 11) is 0. The van der Waals surface area contributed by atoms with Crippen LogP contribution >= 0.6 is 11.6 Å². The maximum Gasteiger partial charge on any atom is 0.273 e. The Labute approximate surface area is 102 Å². The molecule has 7 heteroatoms. The molecule has 0 aliphatic carbocycles. The quantitative estimate of drug-likeness (QED) is 0.837. The summed E-state index contributed by atoms with van der Waals surface area (Å²) in [6, 6.07) is 7.21. The molecular weight excluding hydrogens is 242 g/mol. The van der Waals surface area contributed by atoms with Crippen LogP contribution in [-0.2, 0) is 6.54 Å². The number of carbonyl (C=O) groups excluding carboxylic acids is 1. The number of hydrogen-bond donors (Lipinski definition) is 2. The maximum atomic E-state index is 10.9. The lowest BCUT2D eigenvalue weighted by molar-refractivity contribution is 0.0996. The highest BCUT2D eigenvalue weighted by atomic mass is 35.5. The fraction of sp³-hybridized carbons (Fsp3) is 0.100. The summed E-state index contributed by atoms with van der Waals surface area (Å²) >= 11 is 5.77. The van der Waals surface area contributed by atoms with Crippen molar-refractivity contribution in [1.29, 1.82) is 0 Å². The number of benzene rings is 1. The van der Waals surface area contributed by atoms with Crippen LogP contribution in [-0.4, -0.2) is 20.9 Å². The molecule has 0 spiro atoms. The van der Waals surface area contributed by atoms with E-state index in [0.29, 0.717) is 11.6 Å². The number of nitrogens with two attached hydrogens (primary N) is 2. The van der Waals surface area contributed by atoms with Gasteiger partial charge in [-0.15, -0.1) is 5.10 Å². The highest BCUT2D eigenvalue weighted by molar-refractivity contribution is 6.30. The molecule has 0 radical (unpaired) electrons. The van der Waals surface area contributed by atoms with Gasteiger partial charge < -0.3 is 11.5 Å². The van der Waals surface area contributed by atoms with Crippen molar-refractivity contribution >= 4 is 23.3 Å². The van der Waals surface area contributed by atoms with E-state index in [-0.39, 0.29) is 11.5 Å². The van der Waals surface area contributed by atoms with E-state index >= 15 is 0 Å².